The lowest BCUT2D eigenvalue weighted by Gasteiger charge is -2.35. The number of carbonyl (C=O) groups excluding carboxylic acids is 1. The van der Waals surface area contributed by atoms with Gasteiger partial charge in [-0.05, 0) is 38.9 Å². The van der Waals surface area contributed by atoms with E-state index in [1.807, 2.05) is 0 Å². The number of hydrogen-bond donors (Lipinski definition) is 0. The number of amides is 1. The molecule has 0 bridgehead atoms. The Hall–Kier alpha value is -0.670. The fourth-order valence-electron chi connectivity index (χ4n) is 3.10. The summed E-state index contributed by atoms with van der Waals surface area (Å²) in [6.45, 7) is 9.20. The molecule has 1 aromatic heterocycles. The van der Waals surface area contributed by atoms with Gasteiger partial charge in [-0.15, -0.1) is 11.3 Å². The summed E-state index contributed by atoms with van der Waals surface area (Å²) in [7, 11) is -3.52. The van der Waals surface area contributed by atoms with Gasteiger partial charge in [0.05, 0.1) is 10.9 Å². The molecule has 0 N–H and O–H groups in total. The molecule has 6 nitrogen and oxygen atoms in total. The van der Waals surface area contributed by atoms with Crippen LogP contribution in [0.2, 0.25) is 4.34 Å². The lowest BCUT2D eigenvalue weighted by molar-refractivity contribution is -0.134. The third kappa shape index (κ3) is 6.15. The Morgan fingerprint density at radius 2 is 1.89 bits per heavy atom. The van der Waals surface area contributed by atoms with Crippen LogP contribution in [0.3, 0.4) is 0 Å². The van der Waals surface area contributed by atoms with Gasteiger partial charge in [0.2, 0.25) is 5.91 Å². The lowest BCUT2D eigenvalue weighted by atomic mass is 10.2. The molecule has 0 unspecified atom stereocenters. The molecule has 0 spiro atoms. The predicted molar refractivity (Wildman–Crippen MR) is 111 cm³/mol. The normalized spacial score (nSPS) is 16.4. The summed E-state index contributed by atoms with van der Waals surface area (Å²) in [4.78, 5) is 16.7. The van der Waals surface area contributed by atoms with Crippen LogP contribution in [0.1, 0.15) is 40.0 Å². The lowest BCUT2D eigenvalue weighted by Crippen LogP contribution is -2.53. The molecule has 154 valence electrons. The van der Waals surface area contributed by atoms with Gasteiger partial charge in [0.1, 0.15) is 4.21 Å². The van der Waals surface area contributed by atoms with Crippen LogP contribution in [0.15, 0.2) is 16.3 Å². The van der Waals surface area contributed by atoms with E-state index in [1.165, 1.54) is 16.8 Å². The maximum absolute atomic E-state index is 12.7. The maximum Gasteiger partial charge on any atom is 0.252 e. The van der Waals surface area contributed by atoms with E-state index >= 15 is 0 Å². The topological polar surface area (TPSA) is 60.9 Å². The van der Waals surface area contributed by atoms with Crippen LogP contribution in [-0.4, -0.2) is 73.7 Å². The zero-order valence-corrected chi connectivity index (χ0v) is 18.7. The van der Waals surface area contributed by atoms with Crippen molar-refractivity contribution in [2.24, 2.45) is 0 Å². The van der Waals surface area contributed by atoms with Gasteiger partial charge in [0.25, 0.3) is 10.0 Å². The van der Waals surface area contributed by atoms with Crippen molar-refractivity contribution in [3.63, 3.8) is 0 Å². The van der Waals surface area contributed by atoms with Crippen LogP contribution in [0, 0.1) is 0 Å². The van der Waals surface area contributed by atoms with E-state index < -0.39 is 10.0 Å². The van der Waals surface area contributed by atoms with Crippen LogP contribution < -0.4 is 0 Å². The second kappa shape index (κ2) is 10.2. The zero-order valence-electron chi connectivity index (χ0n) is 16.4. The molecular weight excluding hydrogens is 406 g/mol. The van der Waals surface area contributed by atoms with Gasteiger partial charge in [-0.2, -0.15) is 4.31 Å². The molecule has 1 fully saturated rings. The van der Waals surface area contributed by atoms with Crippen molar-refractivity contribution in [2.75, 3.05) is 39.3 Å². The second-order valence-corrected chi connectivity index (χ2v) is 11.0. The van der Waals surface area contributed by atoms with Gasteiger partial charge in [0.15, 0.2) is 0 Å². The van der Waals surface area contributed by atoms with Crippen molar-refractivity contribution < 1.29 is 13.2 Å². The number of rotatable bonds is 9. The Balaban J connectivity index is 1.89. The van der Waals surface area contributed by atoms with E-state index in [0.29, 0.717) is 43.1 Å². The molecule has 0 aromatic carbocycles. The van der Waals surface area contributed by atoms with Crippen molar-refractivity contribution in [1.82, 2.24) is 14.1 Å². The van der Waals surface area contributed by atoms with E-state index in [1.54, 1.807) is 11.0 Å². The smallest absolute Gasteiger partial charge is 0.252 e. The van der Waals surface area contributed by atoms with Crippen LogP contribution in [-0.2, 0) is 14.8 Å². The summed E-state index contributed by atoms with van der Waals surface area (Å²) in [5, 5.41) is 0. The molecule has 2 rings (SSSR count). The predicted octanol–water partition coefficient (Wildman–Crippen LogP) is 3.14. The quantitative estimate of drug-likeness (QED) is 0.559. The molecule has 0 saturated carbocycles. The van der Waals surface area contributed by atoms with Crippen molar-refractivity contribution in [2.45, 2.75) is 50.3 Å². The van der Waals surface area contributed by atoms with Gasteiger partial charge >= 0.3 is 0 Å². The molecule has 1 aromatic rings. The summed E-state index contributed by atoms with van der Waals surface area (Å²) >= 11 is 6.93. The molecular formula is C18H30ClN3O3S2. The summed E-state index contributed by atoms with van der Waals surface area (Å²) in [6, 6.07) is 3.45. The average Bonchev–Trinajstić information content (AvgIpc) is 3.08. The van der Waals surface area contributed by atoms with E-state index in [-0.39, 0.29) is 10.1 Å². The minimum absolute atomic E-state index is 0.0800. The van der Waals surface area contributed by atoms with Gasteiger partial charge in [0, 0.05) is 32.2 Å². The number of hydrogen-bond acceptors (Lipinski definition) is 5. The first-order chi connectivity index (χ1) is 12.8. The number of piperazine rings is 1. The highest BCUT2D eigenvalue weighted by molar-refractivity contribution is 7.91. The minimum atomic E-state index is -3.52. The second-order valence-electron chi connectivity index (χ2n) is 7.11. The number of halogens is 1. The van der Waals surface area contributed by atoms with Crippen molar-refractivity contribution >= 4 is 38.9 Å². The number of unbranched alkanes of at least 4 members (excludes halogenated alkanes) is 2. The molecule has 9 heteroatoms. The van der Waals surface area contributed by atoms with Gasteiger partial charge < -0.3 is 4.90 Å². The molecule has 27 heavy (non-hydrogen) atoms. The van der Waals surface area contributed by atoms with Crippen LogP contribution in [0.25, 0.3) is 0 Å². The fourth-order valence-corrected chi connectivity index (χ4v) is 6.16. The standard InChI is InChI=1S/C18H30ClN3O3S2/c1-4-5-6-9-21(15(2)3)14-17(23)20-10-12-22(13-11-20)27(24,25)18-8-7-16(19)26-18/h7-8,15H,4-6,9-14H2,1-3H3. The SMILES string of the molecule is CCCCCN(CC(=O)N1CCN(S(=O)(=O)c2ccc(Cl)s2)CC1)C(C)C. The van der Waals surface area contributed by atoms with Crippen molar-refractivity contribution in [3.8, 4) is 0 Å². The molecule has 1 amide bonds. The monoisotopic (exact) mass is 435 g/mol. The molecule has 0 aliphatic carbocycles. The number of sulfonamides is 1. The third-order valence-corrected chi connectivity index (χ3v) is 8.45. The fraction of sp³-hybridized carbons (Fsp3) is 0.722. The molecule has 0 atom stereocenters. The summed E-state index contributed by atoms with van der Waals surface area (Å²) < 4.78 is 27.5. The number of thiophene rings is 1. The van der Waals surface area contributed by atoms with Crippen LogP contribution >= 0.6 is 22.9 Å². The third-order valence-electron chi connectivity index (χ3n) is 4.85. The molecule has 1 aliphatic rings. The highest BCUT2D eigenvalue weighted by Gasteiger charge is 2.31. The van der Waals surface area contributed by atoms with E-state index in [0.717, 1.165) is 30.7 Å². The number of nitrogens with zero attached hydrogens (tertiary/aromatic N) is 3. The van der Waals surface area contributed by atoms with Crippen molar-refractivity contribution in [3.05, 3.63) is 16.5 Å². The van der Waals surface area contributed by atoms with Gasteiger partial charge in [-0.3, -0.25) is 9.69 Å². The summed E-state index contributed by atoms with van der Waals surface area (Å²) in [5.41, 5.74) is 0. The van der Waals surface area contributed by atoms with Gasteiger partial charge in [-0.25, -0.2) is 8.42 Å². The van der Waals surface area contributed by atoms with Crippen LogP contribution in [0.5, 0.6) is 0 Å². The highest BCUT2D eigenvalue weighted by Crippen LogP contribution is 2.28. The summed E-state index contributed by atoms with van der Waals surface area (Å²) in [6.07, 6.45) is 3.42. The Morgan fingerprint density at radius 3 is 2.41 bits per heavy atom. The molecule has 1 aliphatic heterocycles. The molecule has 1 saturated heterocycles. The Bertz CT molecular complexity index is 713. The Kier molecular flexibility index (Phi) is 8.55. The zero-order chi connectivity index (χ0) is 20.0. The van der Waals surface area contributed by atoms with E-state index in [9.17, 15) is 13.2 Å². The molecule has 2 heterocycles. The Morgan fingerprint density at radius 1 is 1.22 bits per heavy atom. The first-order valence-corrected chi connectivity index (χ1v) is 12.2. The number of carbonyl (C=O) groups is 1. The average molecular weight is 436 g/mol. The highest BCUT2D eigenvalue weighted by atomic mass is 35.5. The first kappa shape index (κ1) is 22.6. The largest absolute Gasteiger partial charge is 0.339 e. The van der Waals surface area contributed by atoms with Crippen molar-refractivity contribution in [1.29, 1.82) is 0 Å². The van der Waals surface area contributed by atoms with E-state index in [2.05, 4.69) is 25.7 Å². The van der Waals surface area contributed by atoms with E-state index in [4.69, 9.17) is 11.6 Å². The minimum Gasteiger partial charge on any atom is -0.339 e. The Labute approximate surface area is 172 Å². The molecule has 0 radical (unpaired) electrons. The van der Waals surface area contributed by atoms with Crippen LogP contribution in [0.4, 0.5) is 0 Å². The maximum atomic E-state index is 12.7. The summed E-state index contributed by atoms with van der Waals surface area (Å²) in [5.74, 6) is 0.0800. The van der Waals surface area contributed by atoms with Gasteiger partial charge in [-0.1, -0.05) is 31.4 Å². The first-order valence-electron chi connectivity index (χ1n) is 9.53.